The fourth-order valence-electron chi connectivity index (χ4n) is 1.95. The topological polar surface area (TPSA) is 86.2 Å². The van der Waals surface area contributed by atoms with Crippen molar-refractivity contribution < 1.29 is 28.2 Å². The Morgan fingerprint density at radius 3 is 2.65 bits per heavy atom. The minimum Gasteiger partial charge on any atom is -0.493 e. The maximum absolute atomic E-state index is 13.7. The second-order valence-electron chi connectivity index (χ2n) is 4.87. The lowest BCUT2D eigenvalue weighted by Gasteiger charge is -2.10. The molecular formula is C18H17FN2O5. The Morgan fingerprint density at radius 1 is 1.19 bits per heavy atom. The van der Waals surface area contributed by atoms with E-state index in [1.54, 1.807) is 19.1 Å². The maximum atomic E-state index is 13.7. The van der Waals surface area contributed by atoms with Crippen LogP contribution in [0.1, 0.15) is 22.8 Å². The zero-order valence-corrected chi connectivity index (χ0v) is 14.2. The number of esters is 1. The Bertz CT molecular complexity index is 823. The molecule has 0 aliphatic rings. The van der Waals surface area contributed by atoms with Crippen molar-refractivity contribution >= 4 is 18.3 Å². The second kappa shape index (κ2) is 9.16. The van der Waals surface area contributed by atoms with E-state index in [0.717, 1.165) is 0 Å². The van der Waals surface area contributed by atoms with E-state index in [0.29, 0.717) is 5.56 Å². The summed E-state index contributed by atoms with van der Waals surface area (Å²) in [6.07, 6.45) is 0.688. The van der Waals surface area contributed by atoms with Crippen LogP contribution in [0.2, 0.25) is 0 Å². The molecule has 0 aliphatic heterocycles. The van der Waals surface area contributed by atoms with E-state index in [9.17, 15) is 14.0 Å². The molecule has 2 aromatic carbocycles. The zero-order valence-electron chi connectivity index (χ0n) is 14.2. The van der Waals surface area contributed by atoms with Crippen LogP contribution in [0, 0.1) is 5.82 Å². The highest BCUT2D eigenvalue weighted by Gasteiger charge is 2.16. The third kappa shape index (κ3) is 5.04. The first-order chi connectivity index (χ1) is 12.5. The summed E-state index contributed by atoms with van der Waals surface area (Å²) in [4.78, 5) is 23.2. The normalized spacial score (nSPS) is 10.4. The SMILES string of the molecule is CCOC(=O)N/N=C\c1ccc(OC(=O)c2ccccc2F)c(OC)c1. The van der Waals surface area contributed by atoms with Crippen LogP contribution >= 0.6 is 0 Å². The first-order valence-corrected chi connectivity index (χ1v) is 7.65. The number of amides is 1. The Morgan fingerprint density at radius 2 is 1.96 bits per heavy atom. The van der Waals surface area contributed by atoms with Gasteiger partial charge in [-0.1, -0.05) is 12.1 Å². The van der Waals surface area contributed by atoms with E-state index in [4.69, 9.17) is 9.47 Å². The molecule has 136 valence electrons. The number of ether oxygens (including phenoxy) is 3. The highest BCUT2D eigenvalue weighted by molar-refractivity contribution is 5.92. The van der Waals surface area contributed by atoms with E-state index in [-0.39, 0.29) is 23.7 Å². The van der Waals surface area contributed by atoms with E-state index in [1.165, 1.54) is 43.7 Å². The largest absolute Gasteiger partial charge is 0.493 e. The van der Waals surface area contributed by atoms with Crippen molar-refractivity contribution in [3.63, 3.8) is 0 Å². The quantitative estimate of drug-likeness (QED) is 0.370. The van der Waals surface area contributed by atoms with Crippen LogP contribution in [-0.2, 0) is 4.74 Å². The van der Waals surface area contributed by atoms with Crippen molar-refractivity contribution in [2.45, 2.75) is 6.92 Å². The third-order valence-electron chi connectivity index (χ3n) is 3.13. The molecule has 0 aliphatic carbocycles. The second-order valence-corrected chi connectivity index (χ2v) is 4.87. The van der Waals surface area contributed by atoms with Gasteiger partial charge < -0.3 is 14.2 Å². The van der Waals surface area contributed by atoms with Crippen LogP contribution in [0.5, 0.6) is 11.5 Å². The number of nitrogens with one attached hydrogen (secondary N) is 1. The average molecular weight is 360 g/mol. The van der Waals surface area contributed by atoms with Gasteiger partial charge in [0.25, 0.3) is 0 Å². The van der Waals surface area contributed by atoms with Gasteiger partial charge in [0.05, 0.1) is 25.5 Å². The van der Waals surface area contributed by atoms with Crippen molar-refractivity contribution in [2.24, 2.45) is 5.10 Å². The first-order valence-electron chi connectivity index (χ1n) is 7.65. The molecule has 1 N–H and O–H groups in total. The molecule has 0 heterocycles. The lowest BCUT2D eigenvalue weighted by atomic mass is 10.2. The highest BCUT2D eigenvalue weighted by Crippen LogP contribution is 2.28. The summed E-state index contributed by atoms with van der Waals surface area (Å²) >= 11 is 0. The zero-order chi connectivity index (χ0) is 18.9. The molecule has 0 atom stereocenters. The fourth-order valence-corrected chi connectivity index (χ4v) is 1.95. The summed E-state index contributed by atoms with van der Waals surface area (Å²) in [6.45, 7) is 1.91. The molecule has 2 rings (SSSR count). The molecule has 0 fully saturated rings. The molecule has 0 bridgehead atoms. The van der Waals surface area contributed by atoms with E-state index in [2.05, 4.69) is 15.3 Å². The molecule has 2 aromatic rings. The molecule has 7 nitrogen and oxygen atoms in total. The number of carbonyl (C=O) groups excluding carboxylic acids is 2. The van der Waals surface area contributed by atoms with Gasteiger partial charge in [0.1, 0.15) is 5.82 Å². The molecule has 26 heavy (non-hydrogen) atoms. The number of carbonyl (C=O) groups is 2. The van der Waals surface area contributed by atoms with Crippen LogP contribution in [0.15, 0.2) is 47.6 Å². The minimum atomic E-state index is -0.841. The van der Waals surface area contributed by atoms with Crippen LogP contribution in [-0.4, -0.2) is 32.0 Å². The number of halogens is 1. The van der Waals surface area contributed by atoms with E-state index in [1.807, 2.05) is 0 Å². The number of hydrogen-bond donors (Lipinski definition) is 1. The summed E-state index contributed by atoms with van der Waals surface area (Å²) in [5.41, 5.74) is 2.58. The molecule has 1 amide bonds. The van der Waals surface area contributed by atoms with Crippen LogP contribution < -0.4 is 14.9 Å². The molecule has 0 saturated carbocycles. The molecule has 0 saturated heterocycles. The summed E-state index contributed by atoms with van der Waals surface area (Å²) in [7, 11) is 1.40. The number of hydrogen-bond acceptors (Lipinski definition) is 6. The lowest BCUT2D eigenvalue weighted by molar-refractivity contribution is 0.0724. The highest BCUT2D eigenvalue weighted by atomic mass is 19.1. The van der Waals surface area contributed by atoms with Gasteiger partial charge >= 0.3 is 12.1 Å². The summed E-state index contributed by atoms with van der Waals surface area (Å²) in [5.74, 6) is -1.15. The first kappa shape index (κ1) is 18.9. The van der Waals surface area contributed by atoms with Gasteiger partial charge in [0.2, 0.25) is 0 Å². The predicted octanol–water partition coefficient (Wildman–Crippen LogP) is 3.13. The maximum Gasteiger partial charge on any atom is 0.427 e. The van der Waals surface area contributed by atoms with Crippen molar-refractivity contribution in [2.75, 3.05) is 13.7 Å². The number of hydrazone groups is 1. The Labute approximate surface area is 149 Å². The van der Waals surface area contributed by atoms with Crippen molar-refractivity contribution in [3.8, 4) is 11.5 Å². The molecular weight excluding hydrogens is 343 g/mol. The van der Waals surface area contributed by atoms with Gasteiger partial charge in [-0.3, -0.25) is 0 Å². The van der Waals surface area contributed by atoms with Crippen LogP contribution in [0.4, 0.5) is 9.18 Å². The Kier molecular flexibility index (Phi) is 6.67. The summed E-state index contributed by atoms with van der Waals surface area (Å²) in [6, 6.07) is 10.1. The number of nitrogens with zero attached hydrogens (tertiary/aromatic N) is 1. The predicted molar refractivity (Wildman–Crippen MR) is 92.1 cm³/mol. The van der Waals surface area contributed by atoms with Gasteiger partial charge in [-0.15, -0.1) is 0 Å². The number of methoxy groups -OCH3 is 1. The van der Waals surface area contributed by atoms with Crippen molar-refractivity contribution in [1.29, 1.82) is 0 Å². The summed E-state index contributed by atoms with van der Waals surface area (Å²) in [5, 5.41) is 3.72. The van der Waals surface area contributed by atoms with Gasteiger partial charge in [-0.2, -0.15) is 5.10 Å². The molecule has 0 radical (unpaired) electrons. The Balaban J connectivity index is 2.11. The van der Waals surface area contributed by atoms with Crippen molar-refractivity contribution in [3.05, 3.63) is 59.4 Å². The van der Waals surface area contributed by atoms with Gasteiger partial charge in [0, 0.05) is 0 Å². The van der Waals surface area contributed by atoms with Crippen LogP contribution in [0.25, 0.3) is 0 Å². The smallest absolute Gasteiger partial charge is 0.427 e. The van der Waals surface area contributed by atoms with E-state index >= 15 is 0 Å². The van der Waals surface area contributed by atoms with Gasteiger partial charge in [0.15, 0.2) is 11.5 Å². The lowest BCUT2D eigenvalue weighted by Crippen LogP contribution is -2.18. The average Bonchev–Trinajstić information content (AvgIpc) is 2.63. The van der Waals surface area contributed by atoms with Crippen molar-refractivity contribution in [1.82, 2.24) is 5.43 Å². The molecule has 0 unspecified atom stereocenters. The van der Waals surface area contributed by atoms with Gasteiger partial charge in [-0.25, -0.2) is 19.4 Å². The van der Waals surface area contributed by atoms with E-state index < -0.39 is 17.9 Å². The minimum absolute atomic E-state index is 0.122. The fraction of sp³-hybridized carbons (Fsp3) is 0.167. The summed E-state index contributed by atoms with van der Waals surface area (Å²) < 4.78 is 28.7. The van der Waals surface area contributed by atoms with Gasteiger partial charge in [-0.05, 0) is 42.8 Å². The standard InChI is InChI=1S/C18H17FN2O5/c1-3-25-18(23)21-20-11-12-8-9-15(16(10-12)24-2)26-17(22)13-6-4-5-7-14(13)19/h4-11H,3H2,1-2H3,(H,21,23)/b20-11-. The molecule has 0 aromatic heterocycles. The Hall–Kier alpha value is -3.42. The third-order valence-corrected chi connectivity index (χ3v) is 3.13. The van der Waals surface area contributed by atoms with Crippen LogP contribution in [0.3, 0.4) is 0 Å². The molecule has 8 heteroatoms. The molecule has 0 spiro atoms. The number of benzene rings is 2. The monoisotopic (exact) mass is 360 g/mol. The number of rotatable bonds is 6.